The van der Waals surface area contributed by atoms with Crippen molar-refractivity contribution in [2.75, 3.05) is 6.61 Å². The predicted octanol–water partition coefficient (Wildman–Crippen LogP) is 1.70. The van der Waals surface area contributed by atoms with Crippen LogP contribution in [0.15, 0.2) is 36.4 Å². The quantitative estimate of drug-likeness (QED) is 0.227. The molecule has 1 heterocycles. The van der Waals surface area contributed by atoms with E-state index in [0.29, 0.717) is 0 Å². The summed E-state index contributed by atoms with van der Waals surface area (Å²) in [5.41, 5.74) is -1.03. The van der Waals surface area contributed by atoms with E-state index < -0.39 is 46.0 Å². The number of nitro benzene ring substituents is 2. The standard InChI is InChI=1S/C8H5NO6.C8H9NO4.C4H7BO/c10-4-15-6-3-1-2-5(8(11)12)7(6)9(13)14;10-4-6-2-1-3-7(5-11)8(6)9(12)13;5-4-2-1-3-6-4/h1-4H,(H,11,12);1-3,10-11H,4-5H2;4H,1-3H2. The number of rotatable bonds is 7. The molecule has 2 aromatic carbocycles. The number of carbonyl (C=O) groups excluding carboxylic acids is 1. The molecule has 1 aliphatic rings. The Bertz CT molecular complexity index is 988. The molecule has 14 heteroatoms. The summed E-state index contributed by atoms with van der Waals surface area (Å²) in [6, 6.07) is 7.95. The van der Waals surface area contributed by atoms with E-state index >= 15 is 0 Å². The predicted molar refractivity (Wildman–Crippen MR) is 116 cm³/mol. The first-order valence-corrected chi connectivity index (χ1v) is 9.62. The van der Waals surface area contributed by atoms with Crippen molar-refractivity contribution in [2.45, 2.75) is 32.1 Å². The van der Waals surface area contributed by atoms with Gasteiger partial charge in [0.15, 0.2) is 0 Å². The van der Waals surface area contributed by atoms with Crippen molar-refractivity contribution in [3.05, 3.63) is 73.3 Å². The molecule has 1 unspecified atom stereocenters. The maximum Gasteiger partial charge on any atom is 0.342 e. The molecule has 0 saturated carbocycles. The summed E-state index contributed by atoms with van der Waals surface area (Å²) < 4.78 is 9.23. The lowest BCUT2D eigenvalue weighted by Gasteiger charge is -2.02. The lowest BCUT2D eigenvalue weighted by atomic mass is 9.98. The van der Waals surface area contributed by atoms with Gasteiger partial charge in [-0.05, 0) is 37.1 Å². The molecule has 2 radical (unpaired) electrons. The number of carboxylic acids is 1. The average molecular weight is 476 g/mol. The maximum absolute atomic E-state index is 10.6. The first kappa shape index (κ1) is 28.2. The van der Waals surface area contributed by atoms with Crippen LogP contribution in [0.1, 0.15) is 34.3 Å². The van der Waals surface area contributed by atoms with E-state index in [4.69, 9.17) is 27.9 Å². The zero-order valence-electron chi connectivity index (χ0n) is 17.7. The van der Waals surface area contributed by atoms with Crippen molar-refractivity contribution in [2.24, 2.45) is 0 Å². The third kappa shape index (κ3) is 8.24. The van der Waals surface area contributed by atoms with Crippen LogP contribution in [0.4, 0.5) is 11.4 Å². The van der Waals surface area contributed by atoms with Crippen LogP contribution in [0.3, 0.4) is 0 Å². The summed E-state index contributed by atoms with van der Waals surface area (Å²) in [4.78, 5) is 40.3. The number of ether oxygens (including phenoxy) is 2. The number of nitro groups is 2. The molecule has 3 N–H and O–H groups in total. The SMILES string of the molecule is O=COc1cccc(C(=O)O)c1[N+](=O)[O-].O=[N+]([O-])c1c(CO)cccc1CO.[B]C1CCCO1. The minimum atomic E-state index is -1.46. The van der Waals surface area contributed by atoms with Gasteiger partial charge in [-0.15, -0.1) is 0 Å². The molecule has 0 aliphatic carbocycles. The summed E-state index contributed by atoms with van der Waals surface area (Å²) in [5, 5.41) is 47.4. The van der Waals surface area contributed by atoms with Crippen LogP contribution in [0.5, 0.6) is 5.75 Å². The molecule has 0 spiro atoms. The highest BCUT2D eigenvalue weighted by Crippen LogP contribution is 2.30. The van der Waals surface area contributed by atoms with E-state index in [1.54, 1.807) is 6.07 Å². The van der Waals surface area contributed by atoms with Gasteiger partial charge < -0.3 is 24.8 Å². The molecular formula is C20H21BN2O11. The Morgan fingerprint density at radius 2 is 1.65 bits per heavy atom. The maximum atomic E-state index is 10.6. The van der Waals surface area contributed by atoms with Gasteiger partial charge >= 0.3 is 11.7 Å². The van der Waals surface area contributed by atoms with Crippen LogP contribution >= 0.6 is 0 Å². The van der Waals surface area contributed by atoms with E-state index in [-0.39, 0.29) is 29.3 Å². The molecule has 1 aliphatic heterocycles. The number of carbonyl (C=O) groups is 2. The van der Waals surface area contributed by atoms with Gasteiger partial charge in [0.25, 0.3) is 12.2 Å². The highest BCUT2D eigenvalue weighted by atomic mass is 16.6. The molecular weight excluding hydrogens is 455 g/mol. The largest absolute Gasteiger partial charge is 0.477 e. The number of aliphatic hydroxyl groups excluding tert-OH is 2. The lowest BCUT2D eigenvalue weighted by Crippen LogP contribution is -2.04. The molecule has 1 saturated heterocycles. The highest BCUT2D eigenvalue weighted by Gasteiger charge is 2.25. The van der Waals surface area contributed by atoms with Crippen molar-refractivity contribution in [1.82, 2.24) is 0 Å². The molecule has 1 fully saturated rings. The van der Waals surface area contributed by atoms with Crippen LogP contribution in [0.25, 0.3) is 0 Å². The molecule has 13 nitrogen and oxygen atoms in total. The second-order valence-electron chi connectivity index (χ2n) is 6.48. The van der Waals surface area contributed by atoms with Crippen LogP contribution in [-0.4, -0.2) is 58.1 Å². The van der Waals surface area contributed by atoms with Gasteiger partial charge in [0, 0.05) is 12.6 Å². The number of hydrogen-bond acceptors (Lipinski definition) is 10. The first-order chi connectivity index (χ1) is 16.2. The Morgan fingerprint density at radius 1 is 1.09 bits per heavy atom. The number of benzene rings is 2. The van der Waals surface area contributed by atoms with Gasteiger partial charge in [0.1, 0.15) is 13.4 Å². The van der Waals surface area contributed by atoms with Gasteiger partial charge in [-0.3, -0.25) is 25.0 Å². The third-order valence-corrected chi connectivity index (χ3v) is 4.28. The fraction of sp³-hybridized carbons (Fsp3) is 0.300. The Labute approximate surface area is 194 Å². The Kier molecular flexibility index (Phi) is 11.9. The van der Waals surface area contributed by atoms with Gasteiger partial charge in [-0.2, -0.15) is 0 Å². The molecule has 180 valence electrons. The number of hydrogen-bond donors (Lipinski definition) is 3. The van der Waals surface area contributed by atoms with Crippen LogP contribution < -0.4 is 4.74 Å². The zero-order valence-corrected chi connectivity index (χ0v) is 17.7. The molecule has 34 heavy (non-hydrogen) atoms. The van der Waals surface area contributed by atoms with E-state index in [9.17, 15) is 29.8 Å². The minimum Gasteiger partial charge on any atom is -0.477 e. The van der Waals surface area contributed by atoms with Gasteiger partial charge in [0.05, 0.1) is 34.2 Å². The number of aliphatic hydroxyl groups is 2. The van der Waals surface area contributed by atoms with Crippen molar-refractivity contribution in [1.29, 1.82) is 0 Å². The van der Waals surface area contributed by atoms with E-state index in [0.717, 1.165) is 31.6 Å². The minimum absolute atomic E-state index is 0.00599. The fourth-order valence-electron chi connectivity index (χ4n) is 2.77. The van der Waals surface area contributed by atoms with Crippen molar-refractivity contribution in [3.8, 4) is 5.75 Å². The number of para-hydroxylation sites is 2. The zero-order chi connectivity index (χ0) is 25.7. The number of carboxylic acid groups (broad SMARTS) is 1. The molecule has 1 atom stereocenters. The first-order valence-electron chi connectivity index (χ1n) is 9.62. The van der Waals surface area contributed by atoms with E-state index in [1.165, 1.54) is 18.2 Å². The molecule has 3 rings (SSSR count). The monoisotopic (exact) mass is 476 g/mol. The van der Waals surface area contributed by atoms with Crippen LogP contribution in [-0.2, 0) is 22.7 Å². The Morgan fingerprint density at radius 3 is 2.00 bits per heavy atom. The molecule has 0 amide bonds. The summed E-state index contributed by atoms with van der Waals surface area (Å²) >= 11 is 0. The topological polar surface area (TPSA) is 200 Å². The second-order valence-corrected chi connectivity index (χ2v) is 6.48. The number of aromatic carboxylic acids is 1. The highest BCUT2D eigenvalue weighted by molar-refractivity contribution is 6.11. The second kappa shape index (κ2) is 14.3. The van der Waals surface area contributed by atoms with Crippen molar-refractivity contribution in [3.63, 3.8) is 0 Å². The van der Waals surface area contributed by atoms with Crippen molar-refractivity contribution >= 4 is 31.7 Å². The molecule has 0 aromatic heterocycles. The van der Waals surface area contributed by atoms with Gasteiger partial charge in [-0.1, -0.05) is 12.1 Å². The van der Waals surface area contributed by atoms with Gasteiger partial charge in [-0.25, -0.2) is 4.79 Å². The van der Waals surface area contributed by atoms with E-state index in [2.05, 4.69) is 4.74 Å². The summed E-state index contributed by atoms with van der Waals surface area (Å²) in [6.07, 6.45) is 2.18. The summed E-state index contributed by atoms with van der Waals surface area (Å²) in [6.45, 7) is 0.0590. The number of nitrogens with zero attached hydrogens (tertiary/aromatic N) is 2. The van der Waals surface area contributed by atoms with Crippen molar-refractivity contribution < 1.29 is 44.2 Å². The van der Waals surface area contributed by atoms with Crippen LogP contribution in [0.2, 0.25) is 0 Å². The normalized spacial score (nSPS) is 14.0. The van der Waals surface area contributed by atoms with E-state index in [1.807, 2.05) is 0 Å². The Hall–Kier alpha value is -3.88. The van der Waals surface area contributed by atoms with Gasteiger partial charge in [0.2, 0.25) is 5.75 Å². The average Bonchev–Trinajstić information content (AvgIpc) is 3.29. The summed E-state index contributed by atoms with van der Waals surface area (Å²) in [7, 11) is 5.31. The lowest BCUT2D eigenvalue weighted by molar-refractivity contribution is -0.386. The Balaban J connectivity index is 0.000000276. The smallest absolute Gasteiger partial charge is 0.342 e. The third-order valence-electron chi connectivity index (χ3n) is 4.28. The summed E-state index contributed by atoms with van der Waals surface area (Å²) in [5.74, 6) is -1.85. The fourth-order valence-corrected chi connectivity index (χ4v) is 2.77. The molecule has 0 bridgehead atoms. The molecule has 2 aromatic rings. The van der Waals surface area contributed by atoms with Crippen LogP contribution in [0, 0.1) is 20.2 Å².